The zero-order valence-electron chi connectivity index (χ0n) is 8.86. The summed E-state index contributed by atoms with van der Waals surface area (Å²) >= 11 is 1.71. The lowest BCUT2D eigenvalue weighted by Gasteiger charge is -2.35. The van der Waals surface area contributed by atoms with E-state index in [-0.39, 0.29) is 24.4 Å². The Kier molecular flexibility index (Phi) is 3.19. The van der Waals surface area contributed by atoms with Crippen LogP contribution in [0, 0.1) is 5.92 Å². The lowest BCUT2D eigenvalue weighted by molar-refractivity contribution is -0.146. The van der Waals surface area contributed by atoms with Crippen molar-refractivity contribution in [2.24, 2.45) is 5.92 Å². The van der Waals surface area contributed by atoms with Crippen LogP contribution >= 0.6 is 11.8 Å². The van der Waals surface area contributed by atoms with Crippen molar-refractivity contribution in [1.29, 1.82) is 0 Å². The Balaban J connectivity index is 2.05. The summed E-state index contributed by atoms with van der Waals surface area (Å²) in [6.07, 6.45) is 4.18. The molecule has 1 saturated heterocycles. The van der Waals surface area contributed by atoms with E-state index in [4.69, 9.17) is 0 Å². The molecule has 2 amide bonds. The van der Waals surface area contributed by atoms with E-state index in [0.717, 1.165) is 18.6 Å². The van der Waals surface area contributed by atoms with Gasteiger partial charge in [-0.1, -0.05) is 0 Å². The van der Waals surface area contributed by atoms with Crippen LogP contribution in [-0.2, 0) is 9.59 Å². The van der Waals surface area contributed by atoms with Crippen molar-refractivity contribution in [3.63, 3.8) is 0 Å². The minimum atomic E-state index is -0.182. The van der Waals surface area contributed by atoms with Crippen LogP contribution in [0.4, 0.5) is 0 Å². The zero-order chi connectivity index (χ0) is 10.8. The number of nitrogens with zero attached hydrogens (tertiary/aromatic N) is 1. The molecule has 0 radical (unpaired) electrons. The molecular formula is C10H16N2O2S. The number of amides is 2. The average molecular weight is 228 g/mol. The predicted octanol–water partition coefficient (Wildman–Crippen LogP) is 0.0864. The number of hydrogen-bond acceptors (Lipinski definition) is 3. The van der Waals surface area contributed by atoms with Crippen LogP contribution in [0.15, 0.2) is 0 Å². The fraction of sp³-hybridized carbons (Fsp3) is 0.800. The van der Waals surface area contributed by atoms with Crippen LogP contribution in [0.1, 0.15) is 12.8 Å². The molecule has 1 heterocycles. The van der Waals surface area contributed by atoms with Gasteiger partial charge in [0.25, 0.3) is 0 Å². The van der Waals surface area contributed by atoms with Crippen molar-refractivity contribution < 1.29 is 9.59 Å². The zero-order valence-corrected chi connectivity index (χ0v) is 9.68. The first-order chi connectivity index (χ1) is 7.24. The maximum atomic E-state index is 11.7. The van der Waals surface area contributed by atoms with Crippen LogP contribution in [0.3, 0.4) is 0 Å². The van der Waals surface area contributed by atoms with Crippen molar-refractivity contribution in [3.8, 4) is 0 Å². The lowest BCUT2D eigenvalue weighted by Crippen LogP contribution is -2.59. The molecule has 1 saturated carbocycles. The maximum absolute atomic E-state index is 11.7. The summed E-state index contributed by atoms with van der Waals surface area (Å²) in [4.78, 5) is 25.1. The molecule has 0 aromatic carbocycles. The molecule has 0 aromatic heterocycles. The SMILES string of the molecule is CSCCN1C(=O)CNC(=O)C1C1CC1. The summed E-state index contributed by atoms with van der Waals surface area (Å²) in [5.41, 5.74) is 0. The van der Waals surface area contributed by atoms with Crippen molar-refractivity contribution in [3.05, 3.63) is 0 Å². The Labute approximate surface area is 93.8 Å². The van der Waals surface area contributed by atoms with Crippen molar-refractivity contribution in [2.75, 3.05) is 25.1 Å². The molecule has 4 nitrogen and oxygen atoms in total. The lowest BCUT2D eigenvalue weighted by atomic mass is 10.1. The van der Waals surface area contributed by atoms with E-state index in [1.807, 2.05) is 6.26 Å². The van der Waals surface area contributed by atoms with Crippen LogP contribution in [0.5, 0.6) is 0 Å². The standard InChI is InChI=1S/C10H16N2O2S/c1-15-5-4-12-8(13)6-11-10(14)9(12)7-2-3-7/h7,9H,2-6H2,1H3,(H,11,14). The third-order valence-electron chi connectivity index (χ3n) is 2.94. The molecule has 1 aliphatic heterocycles. The second kappa shape index (κ2) is 4.43. The molecule has 84 valence electrons. The van der Waals surface area contributed by atoms with E-state index in [2.05, 4.69) is 5.32 Å². The highest BCUT2D eigenvalue weighted by molar-refractivity contribution is 7.98. The number of nitrogens with one attached hydrogen (secondary N) is 1. The topological polar surface area (TPSA) is 49.4 Å². The number of carbonyl (C=O) groups excluding carboxylic acids is 2. The highest BCUT2D eigenvalue weighted by atomic mass is 32.2. The van der Waals surface area contributed by atoms with Gasteiger partial charge in [0.2, 0.25) is 11.8 Å². The molecule has 2 rings (SSSR count). The molecule has 1 unspecified atom stereocenters. The van der Waals surface area contributed by atoms with Crippen LogP contribution in [0.25, 0.3) is 0 Å². The second-order valence-electron chi connectivity index (χ2n) is 4.08. The molecule has 0 bridgehead atoms. The molecule has 5 heteroatoms. The Hall–Kier alpha value is -0.710. The summed E-state index contributed by atoms with van der Waals surface area (Å²) in [6.45, 7) is 0.880. The first kappa shape index (κ1) is 10.8. The summed E-state index contributed by atoms with van der Waals surface area (Å²) in [7, 11) is 0. The van der Waals surface area contributed by atoms with Crippen LogP contribution in [-0.4, -0.2) is 47.9 Å². The molecule has 1 N–H and O–H groups in total. The quantitative estimate of drug-likeness (QED) is 0.741. The Morgan fingerprint density at radius 2 is 2.20 bits per heavy atom. The molecule has 0 spiro atoms. The van der Waals surface area contributed by atoms with Gasteiger partial charge in [0.05, 0.1) is 6.54 Å². The first-order valence-electron chi connectivity index (χ1n) is 5.30. The highest BCUT2D eigenvalue weighted by Crippen LogP contribution is 2.36. The average Bonchev–Trinajstić information content (AvgIpc) is 3.03. The Morgan fingerprint density at radius 3 is 2.80 bits per heavy atom. The molecule has 0 aromatic rings. The van der Waals surface area contributed by atoms with Gasteiger partial charge < -0.3 is 10.2 Å². The van der Waals surface area contributed by atoms with Crippen molar-refractivity contribution in [2.45, 2.75) is 18.9 Å². The number of thioether (sulfide) groups is 1. The normalized spacial score (nSPS) is 26.7. The summed E-state index contributed by atoms with van der Waals surface area (Å²) < 4.78 is 0. The molecule has 2 fully saturated rings. The maximum Gasteiger partial charge on any atom is 0.243 e. The largest absolute Gasteiger partial charge is 0.345 e. The van der Waals surface area contributed by atoms with Crippen molar-refractivity contribution in [1.82, 2.24) is 10.2 Å². The minimum absolute atomic E-state index is 0.0400. The number of piperazine rings is 1. The van der Waals surface area contributed by atoms with Gasteiger partial charge in [0.1, 0.15) is 6.04 Å². The van der Waals surface area contributed by atoms with E-state index >= 15 is 0 Å². The van der Waals surface area contributed by atoms with Gasteiger partial charge in [0.15, 0.2) is 0 Å². The Morgan fingerprint density at radius 1 is 1.47 bits per heavy atom. The van der Waals surface area contributed by atoms with E-state index in [1.54, 1.807) is 16.7 Å². The smallest absolute Gasteiger partial charge is 0.243 e. The van der Waals surface area contributed by atoms with Gasteiger partial charge >= 0.3 is 0 Å². The highest BCUT2D eigenvalue weighted by Gasteiger charge is 2.44. The summed E-state index contributed by atoms with van der Waals surface area (Å²) in [6, 6.07) is -0.182. The Bertz CT molecular complexity index is 279. The molecule has 15 heavy (non-hydrogen) atoms. The van der Waals surface area contributed by atoms with Gasteiger partial charge in [-0.15, -0.1) is 0 Å². The molecule has 1 aliphatic carbocycles. The van der Waals surface area contributed by atoms with Gasteiger partial charge in [-0.05, 0) is 25.0 Å². The minimum Gasteiger partial charge on any atom is -0.345 e. The first-order valence-corrected chi connectivity index (χ1v) is 6.69. The van der Waals surface area contributed by atoms with Crippen LogP contribution < -0.4 is 5.32 Å². The predicted molar refractivity (Wildman–Crippen MR) is 59.6 cm³/mol. The fourth-order valence-electron chi connectivity index (χ4n) is 2.00. The van der Waals surface area contributed by atoms with E-state index < -0.39 is 0 Å². The summed E-state index contributed by atoms with van der Waals surface area (Å²) in [5.74, 6) is 1.43. The van der Waals surface area contributed by atoms with Gasteiger partial charge in [-0.2, -0.15) is 11.8 Å². The number of hydrogen-bond donors (Lipinski definition) is 1. The number of rotatable bonds is 4. The molecular weight excluding hydrogens is 212 g/mol. The molecule has 2 aliphatic rings. The molecule has 1 atom stereocenters. The monoisotopic (exact) mass is 228 g/mol. The van der Waals surface area contributed by atoms with E-state index in [9.17, 15) is 9.59 Å². The number of carbonyl (C=O) groups is 2. The van der Waals surface area contributed by atoms with Crippen LogP contribution in [0.2, 0.25) is 0 Å². The third-order valence-corrected chi connectivity index (χ3v) is 3.53. The van der Waals surface area contributed by atoms with E-state index in [1.165, 1.54) is 0 Å². The van der Waals surface area contributed by atoms with Crippen molar-refractivity contribution >= 4 is 23.6 Å². The second-order valence-corrected chi connectivity index (χ2v) is 5.07. The fourth-order valence-corrected chi connectivity index (χ4v) is 2.38. The third kappa shape index (κ3) is 2.27. The van der Waals surface area contributed by atoms with Gasteiger partial charge in [-0.25, -0.2) is 0 Å². The summed E-state index contributed by atoms with van der Waals surface area (Å²) in [5, 5.41) is 2.67. The van der Waals surface area contributed by atoms with Gasteiger partial charge in [0, 0.05) is 12.3 Å². The van der Waals surface area contributed by atoms with E-state index in [0.29, 0.717) is 12.5 Å². The van der Waals surface area contributed by atoms with Gasteiger partial charge in [-0.3, -0.25) is 9.59 Å².